The van der Waals surface area contributed by atoms with Crippen molar-refractivity contribution in [3.63, 3.8) is 0 Å². The van der Waals surface area contributed by atoms with Gasteiger partial charge in [-0.2, -0.15) is 18.4 Å². The van der Waals surface area contributed by atoms with Crippen LogP contribution in [0.2, 0.25) is 0 Å². The van der Waals surface area contributed by atoms with E-state index in [9.17, 15) is 18.4 Å². The first-order chi connectivity index (χ1) is 13.5. The summed E-state index contributed by atoms with van der Waals surface area (Å²) in [6.45, 7) is 0.000892. The molecule has 28 heavy (non-hydrogen) atoms. The van der Waals surface area contributed by atoms with Crippen LogP contribution in [0.3, 0.4) is 0 Å². The Bertz CT molecular complexity index is 1190. The van der Waals surface area contributed by atoms with E-state index in [1.165, 1.54) is 4.57 Å². The minimum Gasteiger partial charge on any atom is -0.316 e. The average Bonchev–Trinajstić information content (AvgIpc) is 3.08. The molecule has 0 unspecified atom stereocenters. The molecule has 1 aromatic heterocycles. The highest BCUT2D eigenvalue weighted by Crippen LogP contribution is 2.32. The largest absolute Gasteiger partial charge is 0.449 e. The average molecular weight is 377 g/mol. The van der Waals surface area contributed by atoms with Crippen LogP contribution in [-0.2, 0) is 12.7 Å². The van der Waals surface area contributed by atoms with Crippen molar-refractivity contribution >= 4 is 11.0 Å². The second-order valence-electron chi connectivity index (χ2n) is 6.37. The van der Waals surface area contributed by atoms with E-state index in [0.29, 0.717) is 27.7 Å². The third kappa shape index (κ3) is 3.23. The lowest BCUT2D eigenvalue weighted by atomic mass is 9.98. The van der Waals surface area contributed by atoms with Crippen LogP contribution in [0.5, 0.6) is 0 Å². The Kier molecular flexibility index (Phi) is 4.36. The molecule has 0 aliphatic heterocycles. The van der Waals surface area contributed by atoms with Crippen molar-refractivity contribution in [1.82, 2.24) is 9.55 Å². The van der Waals surface area contributed by atoms with Crippen LogP contribution in [0.1, 0.15) is 17.0 Å². The highest BCUT2D eigenvalue weighted by atomic mass is 19.4. The smallest absolute Gasteiger partial charge is 0.316 e. The van der Waals surface area contributed by atoms with Gasteiger partial charge in [-0.3, -0.25) is 0 Å². The number of alkyl halides is 3. The Hall–Kier alpha value is -3.59. The van der Waals surface area contributed by atoms with Gasteiger partial charge in [0.1, 0.15) is 0 Å². The molecule has 3 aromatic carbocycles. The second kappa shape index (κ2) is 6.86. The lowest BCUT2D eigenvalue weighted by molar-refractivity contribution is -0.146. The van der Waals surface area contributed by atoms with Crippen LogP contribution in [0.15, 0.2) is 72.8 Å². The summed E-state index contributed by atoms with van der Waals surface area (Å²) in [5.74, 6) is -0.931. The van der Waals surface area contributed by atoms with Crippen molar-refractivity contribution in [2.24, 2.45) is 0 Å². The van der Waals surface area contributed by atoms with E-state index in [4.69, 9.17) is 0 Å². The van der Waals surface area contributed by atoms with Crippen LogP contribution in [0.4, 0.5) is 13.2 Å². The molecular weight excluding hydrogens is 363 g/mol. The van der Waals surface area contributed by atoms with Crippen LogP contribution in [0.25, 0.3) is 22.2 Å². The van der Waals surface area contributed by atoms with Crippen molar-refractivity contribution < 1.29 is 13.2 Å². The fraction of sp³-hybridized carbons (Fsp3) is 0.0909. The minimum atomic E-state index is -4.56. The number of benzene rings is 3. The molecule has 0 aliphatic carbocycles. The van der Waals surface area contributed by atoms with Gasteiger partial charge in [0.2, 0.25) is 5.82 Å². The topological polar surface area (TPSA) is 41.6 Å². The molecule has 0 bridgehead atoms. The monoisotopic (exact) mass is 377 g/mol. The van der Waals surface area contributed by atoms with Crippen LogP contribution in [-0.4, -0.2) is 9.55 Å². The molecule has 0 radical (unpaired) electrons. The zero-order valence-corrected chi connectivity index (χ0v) is 14.6. The highest BCUT2D eigenvalue weighted by molar-refractivity contribution is 5.76. The maximum atomic E-state index is 13.5. The van der Waals surface area contributed by atoms with E-state index < -0.39 is 12.0 Å². The molecule has 6 heteroatoms. The Balaban J connectivity index is 1.84. The number of halogens is 3. The number of hydrogen-bond donors (Lipinski definition) is 0. The number of para-hydroxylation sites is 2. The molecule has 0 saturated carbocycles. The molecule has 0 fully saturated rings. The third-order valence-corrected chi connectivity index (χ3v) is 4.54. The Labute approximate surface area is 159 Å². The first kappa shape index (κ1) is 17.8. The molecule has 0 amide bonds. The van der Waals surface area contributed by atoms with E-state index in [1.807, 2.05) is 30.3 Å². The van der Waals surface area contributed by atoms with Gasteiger partial charge in [0.25, 0.3) is 0 Å². The lowest BCUT2D eigenvalue weighted by Gasteiger charge is -2.13. The van der Waals surface area contributed by atoms with Gasteiger partial charge in [-0.25, -0.2) is 4.98 Å². The molecule has 0 saturated heterocycles. The maximum Gasteiger partial charge on any atom is 0.449 e. The van der Waals surface area contributed by atoms with Crippen molar-refractivity contribution in [1.29, 1.82) is 5.26 Å². The summed E-state index contributed by atoms with van der Waals surface area (Å²) in [5, 5.41) is 9.41. The number of nitrogens with zero attached hydrogens (tertiary/aromatic N) is 3. The van der Waals surface area contributed by atoms with Gasteiger partial charge in [0, 0.05) is 6.54 Å². The molecule has 4 aromatic rings. The first-order valence-corrected chi connectivity index (χ1v) is 8.58. The van der Waals surface area contributed by atoms with Crippen molar-refractivity contribution in [3.8, 4) is 17.2 Å². The van der Waals surface area contributed by atoms with E-state index in [1.54, 1.807) is 42.5 Å². The molecule has 0 atom stereocenters. The molecule has 3 nitrogen and oxygen atoms in total. The molecule has 0 N–H and O–H groups in total. The predicted molar refractivity (Wildman–Crippen MR) is 100 cm³/mol. The molecule has 4 rings (SSSR count). The fourth-order valence-electron chi connectivity index (χ4n) is 3.28. The van der Waals surface area contributed by atoms with Gasteiger partial charge in [0.05, 0.1) is 22.7 Å². The number of aromatic nitrogens is 2. The van der Waals surface area contributed by atoms with E-state index in [2.05, 4.69) is 11.1 Å². The number of rotatable bonds is 3. The maximum absolute atomic E-state index is 13.5. The van der Waals surface area contributed by atoms with E-state index in [0.717, 1.165) is 5.56 Å². The summed E-state index contributed by atoms with van der Waals surface area (Å²) in [7, 11) is 0. The summed E-state index contributed by atoms with van der Waals surface area (Å²) in [5.41, 5.74) is 3.38. The molecule has 1 heterocycles. The fourth-order valence-corrected chi connectivity index (χ4v) is 3.28. The van der Waals surface area contributed by atoms with E-state index in [-0.39, 0.29) is 6.54 Å². The third-order valence-electron chi connectivity index (χ3n) is 4.54. The van der Waals surface area contributed by atoms with Gasteiger partial charge >= 0.3 is 6.18 Å². The summed E-state index contributed by atoms with van der Waals surface area (Å²) >= 11 is 0. The quantitative estimate of drug-likeness (QED) is 0.463. The highest BCUT2D eigenvalue weighted by Gasteiger charge is 2.37. The Morgan fingerprint density at radius 2 is 1.64 bits per heavy atom. The van der Waals surface area contributed by atoms with Gasteiger partial charge in [-0.15, -0.1) is 0 Å². The van der Waals surface area contributed by atoms with E-state index >= 15 is 0 Å². The van der Waals surface area contributed by atoms with Crippen molar-refractivity contribution in [2.75, 3.05) is 0 Å². The predicted octanol–water partition coefficient (Wildman–Crippen LogP) is 5.64. The van der Waals surface area contributed by atoms with Crippen LogP contribution in [0, 0.1) is 11.3 Å². The Morgan fingerprint density at radius 3 is 2.36 bits per heavy atom. The first-order valence-electron chi connectivity index (χ1n) is 8.58. The Morgan fingerprint density at radius 1 is 0.929 bits per heavy atom. The number of nitriles is 1. The molecule has 0 aliphatic rings. The van der Waals surface area contributed by atoms with Crippen LogP contribution < -0.4 is 0 Å². The molecular formula is C22H14F3N3. The minimum absolute atomic E-state index is 0.000892. The van der Waals surface area contributed by atoms with Gasteiger partial charge in [0.15, 0.2) is 0 Å². The zero-order chi connectivity index (χ0) is 19.7. The van der Waals surface area contributed by atoms with Gasteiger partial charge < -0.3 is 4.57 Å². The van der Waals surface area contributed by atoms with Crippen LogP contribution >= 0.6 is 0 Å². The normalized spacial score (nSPS) is 11.5. The lowest BCUT2D eigenvalue weighted by Crippen LogP contribution is -2.15. The summed E-state index contributed by atoms with van der Waals surface area (Å²) in [4.78, 5) is 3.78. The van der Waals surface area contributed by atoms with Gasteiger partial charge in [-0.05, 0) is 41.0 Å². The summed E-state index contributed by atoms with van der Waals surface area (Å²) in [6.07, 6.45) is -4.56. The van der Waals surface area contributed by atoms with Crippen molar-refractivity contribution in [3.05, 3.63) is 89.7 Å². The zero-order valence-electron chi connectivity index (χ0n) is 14.6. The summed E-state index contributed by atoms with van der Waals surface area (Å²) in [6, 6.07) is 23.1. The number of imidazole rings is 1. The standard InChI is InChI=1S/C22H14F3N3/c23-22(24,25)21-27-19-8-4-5-9-20(19)28(21)14-15-10-11-17(13-26)18(12-15)16-6-2-1-3-7-16/h1-12H,14H2. The van der Waals surface area contributed by atoms with Crippen molar-refractivity contribution in [2.45, 2.75) is 12.7 Å². The molecule has 0 spiro atoms. The number of hydrogen-bond acceptors (Lipinski definition) is 2. The number of fused-ring (bicyclic) bond motifs is 1. The SMILES string of the molecule is N#Cc1ccc(Cn2c(C(F)(F)F)nc3ccccc32)cc1-c1ccccc1. The molecule has 138 valence electrons. The second-order valence-corrected chi connectivity index (χ2v) is 6.37. The van der Waals surface area contributed by atoms with Gasteiger partial charge in [-0.1, -0.05) is 48.5 Å². The summed E-state index contributed by atoms with van der Waals surface area (Å²) < 4.78 is 41.7.